The maximum Gasteiger partial charge on any atom is 0.236 e. The van der Waals surface area contributed by atoms with Gasteiger partial charge in [0.2, 0.25) is 11.8 Å². The average molecular weight is 398 g/mol. The SMILES string of the molecule is CC(SCc1ccccc1)C(=O)N1CCCC(N2CCNCC2=O)C1.Cl. The van der Waals surface area contributed by atoms with Crippen molar-refractivity contribution in [3.05, 3.63) is 35.9 Å². The molecule has 0 radical (unpaired) electrons. The zero-order valence-corrected chi connectivity index (χ0v) is 16.9. The van der Waals surface area contributed by atoms with Gasteiger partial charge in [-0.05, 0) is 25.3 Å². The molecule has 2 saturated heterocycles. The molecule has 0 aromatic heterocycles. The number of likely N-dealkylation sites (tertiary alicyclic amines) is 1. The summed E-state index contributed by atoms with van der Waals surface area (Å²) in [6, 6.07) is 10.4. The Labute approximate surface area is 166 Å². The Balaban J connectivity index is 0.00000243. The van der Waals surface area contributed by atoms with E-state index in [1.807, 2.05) is 34.9 Å². The molecule has 0 spiro atoms. The van der Waals surface area contributed by atoms with Crippen LogP contribution in [0, 0.1) is 0 Å². The molecule has 0 bridgehead atoms. The number of benzene rings is 1. The fourth-order valence-electron chi connectivity index (χ4n) is 3.54. The lowest BCUT2D eigenvalue weighted by molar-refractivity contribution is -0.140. The summed E-state index contributed by atoms with van der Waals surface area (Å²) in [7, 11) is 0. The summed E-state index contributed by atoms with van der Waals surface area (Å²) in [6.45, 7) is 5.51. The highest BCUT2D eigenvalue weighted by Crippen LogP contribution is 2.23. The third kappa shape index (κ3) is 5.38. The molecule has 7 heteroatoms. The molecule has 3 rings (SSSR count). The minimum absolute atomic E-state index is 0. The van der Waals surface area contributed by atoms with Crippen LogP contribution in [0.3, 0.4) is 0 Å². The number of hydrogen-bond acceptors (Lipinski definition) is 4. The number of carbonyl (C=O) groups is 2. The van der Waals surface area contributed by atoms with Crippen LogP contribution in [-0.4, -0.2) is 65.6 Å². The minimum Gasteiger partial charge on any atom is -0.340 e. The van der Waals surface area contributed by atoms with E-state index in [-0.39, 0.29) is 35.5 Å². The smallest absolute Gasteiger partial charge is 0.236 e. The van der Waals surface area contributed by atoms with E-state index in [9.17, 15) is 9.59 Å². The van der Waals surface area contributed by atoms with Gasteiger partial charge in [0.25, 0.3) is 0 Å². The third-order valence-corrected chi connectivity index (χ3v) is 6.17. The van der Waals surface area contributed by atoms with E-state index in [1.54, 1.807) is 11.8 Å². The molecule has 2 atom stereocenters. The van der Waals surface area contributed by atoms with Crippen molar-refractivity contribution in [3.63, 3.8) is 0 Å². The quantitative estimate of drug-likeness (QED) is 0.827. The summed E-state index contributed by atoms with van der Waals surface area (Å²) in [4.78, 5) is 28.9. The Morgan fingerprint density at radius 2 is 2.08 bits per heavy atom. The van der Waals surface area contributed by atoms with Gasteiger partial charge < -0.3 is 15.1 Å². The summed E-state index contributed by atoms with van der Waals surface area (Å²) in [5.74, 6) is 1.21. The topological polar surface area (TPSA) is 52.7 Å². The molecular weight excluding hydrogens is 370 g/mol. The molecule has 2 aliphatic heterocycles. The maximum atomic E-state index is 12.8. The van der Waals surface area contributed by atoms with Gasteiger partial charge in [0.15, 0.2) is 0 Å². The van der Waals surface area contributed by atoms with E-state index >= 15 is 0 Å². The highest BCUT2D eigenvalue weighted by molar-refractivity contribution is 7.99. The first-order chi connectivity index (χ1) is 12.1. The molecule has 2 heterocycles. The fourth-order valence-corrected chi connectivity index (χ4v) is 4.47. The van der Waals surface area contributed by atoms with E-state index in [4.69, 9.17) is 0 Å². The van der Waals surface area contributed by atoms with E-state index in [2.05, 4.69) is 17.4 Å². The van der Waals surface area contributed by atoms with Crippen molar-refractivity contribution in [3.8, 4) is 0 Å². The molecule has 2 fully saturated rings. The number of rotatable bonds is 5. The zero-order valence-electron chi connectivity index (χ0n) is 15.2. The number of halogens is 1. The Morgan fingerprint density at radius 3 is 2.81 bits per heavy atom. The molecule has 1 aromatic carbocycles. The average Bonchev–Trinajstić information content (AvgIpc) is 2.67. The summed E-state index contributed by atoms with van der Waals surface area (Å²) >= 11 is 1.69. The summed E-state index contributed by atoms with van der Waals surface area (Å²) < 4.78 is 0. The Kier molecular flexibility index (Phi) is 8.25. The number of piperazine rings is 1. The van der Waals surface area contributed by atoms with Crippen LogP contribution >= 0.6 is 24.2 Å². The van der Waals surface area contributed by atoms with Crippen molar-refractivity contribution in [2.75, 3.05) is 32.7 Å². The van der Waals surface area contributed by atoms with Gasteiger partial charge >= 0.3 is 0 Å². The predicted octanol–water partition coefficient (Wildman–Crippen LogP) is 2.15. The highest BCUT2D eigenvalue weighted by Gasteiger charge is 2.32. The van der Waals surface area contributed by atoms with Crippen LogP contribution in [0.1, 0.15) is 25.3 Å². The first-order valence-electron chi connectivity index (χ1n) is 9.09. The van der Waals surface area contributed by atoms with Gasteiger partial charge in [0, 0.05) is 38.0 Å². The number of piperidine rings is 1. The molecule has 2 amide bonds. The van der Waals surface area contributed by atoms with Crippen LogP contribution in [0.5, 0.6) is 0 Å². The molecule has 0 aliphatic carbocycles. The number of nitrogens with one attached hydrogen (secondary N) is 1. The number of amides is 2. The second kappa shape index (κ2) is 10.2. The second-order valence-electron chi connectivity index (χ2n) is 6.78. The van der Waals surface area contributed by atoms with E-state index in [0.29, 0.717) is 13.1 Å². The summed E-state index contributed by atoms with van der Waals surface area (Å²) in [6.07, 6.45) is 1.98. The molecule has 0 saturated carbocycles. The first-order valence-corrected chi connectivity index (χ1v) is 10.1. The number of thioether (sulfide) groups is 1. The number of carbonyl (C=O) groups excluding carboxylic acids is 2. The Morgan fingerprint density at radius 1 is 1.31 bits per heavy atom. The fraction of sp³-hybridized carbons (Fsp3) is 0.579. The zero-order chi connectivity index (χ0) is 17.6. The normalized spacial score (nSPS) is 21.9. The van der Waals surface area contributed by atoms with Gasteiger partial charge in [0.05, 0.1) is 11.8 Å². The lowest BCUT2D eigenvalue weighted by Crippen LogP contribution is -2.58. The number of hydrogen-bond donors (Lipinski definition) is 1. The second-order valence-corrected chi connectivity index (χ2v) is 8.11. The molecule has 5 nitrogen and oxygen atoms in total. The lowest BCUT2D eigenvalue weighted by atomic mass is 10.0. The third-order valence-electron chi connectivity index (χ3n) is 4.97. The largest absolute Gasteiger partial charge is 0.340 e. The van der Waals surface area contributed by atoms with Crippen LogP contribution in [0.2, 0.25) is 0 Å². The Bertz CT molecular complexity index is 602. The predicted molar refractivity (Wildman–Crippen MR) is 109 cm³/mol. The van der Waals surface area contributed by atoms with Crippen LogP contribution in [0.15, 0.2) is 30.3 Å². The van der Waals surface area contributed by atoms with Gasteiger partial charge in [-0.25, -0.2) is 0 Å². The molecule has 1 aromatic rings. The van der Waals surface area contributed by atoms with E-state index < -0.39 is 0 Å². The molecule has 2 aliphatic rings. The monoisotopic (exact) mass is 397 g/mol. The van der Waals surface area contributed by atoms with Crippen molar-refractivity contribution in [2.24, 2.45) is 0 Å². The highest BCUT2D eigenvalue weighted by atomic mass is 35.5. The molecule has 2 unspecified atom stereocenters. The van der Waals surface area contributed by atoms with Crippen molar-refractivity contribution < 1.29 is 9.59 Å². The van der Waals surface area contributed by atoms with Gasteiger partial charge in [-0.1, -0.05) is 30.3 Å². The maximum absolute atomic E-state index is 12.8. The lowest BCUT2D eigenvalue weighted by Gasteiger charge is -2.41. The van der Waals surface area contributed by atoms with Gasteiger partial charge in [0.1, 0.15) is 0 Å². The van der Waals surface area contributed by atoms with Gasteiger partial charge in [-0.3, -0.25) is 9.59 Å². The van der Waals surface area contributed by atoms with E-state index in [1.165, 1.54) is 5.56 Å². The van der Waals surface area contributed by atoms with Crippen molar-refractivity contribution in [1.82, 2.24) is 15.1 Å². The van der Waals surface area contributed by atoms with Crippen molar-refractivity contribution in [2.45, 2.75) is 36.8 Å². The standard InChI is InChI=1S/C19H27N3O2S.ClH/c1-15(25-14-16-6-3-2-4-7-16)19(24)21-10-5-8-17(13-21)22-11-9-20-12-18(22)23;/h2-4,6-7,15,17,20H,5,8-14H2,1H3;1H. The molecule has 144 valence electrons. The van der Waals surface area contributed by atoms with Gasteiger partial charge in [-0.15, -0.1) is 24.2 Å². The minimum atomic E-state index is -0.0577. The summed E-state index contributed by atoms with van der Waals surface area (Å²) in [5.41, 5.74) is 1.25. The number of nitrogens with zero attached hydrogens (tertiary/aromatic N) is 2. The van der Waals surface area contributed by atoms with Crippen molar-refractivity contribution in [1.29, 1.82) is 0 Å². The van der Waals surface area contributed by atoms with E-state index in [0.717, 1.165) is 38.2 Å². The molecular formula is C19H28ClN3O2S. The van der Waals surface area contributed by atoms with Crippen LogP contribution < -0.4 is 5.32 Å². The molecule has 26 heavy (non-hydrogen) atoms. The Hall–Kier alpha value is -1.24. The molecule has 1 N–H and O–H groups in total. The van der Waals surface area contributed by atoms with Crippen LogP contribution in [0.25, 0.3) is 0 Å². The van der Waals surface area contributed by atoms with Crippen LogP contribution in [0.4, 0.5) is 0 Å². The van der Waals surface area contributed by atoms with Crippen LogP contribution in [-0.2, 0) is 15.3 Å². The van der Waals surface area contributed by atoms with Gasteiger partial charge in [-0.2, -0.15) is 0 Å². The van der Waals surface area contributed by atoms with Crippen molar-refractivity contribution >= 4 is 36.0 Å². The summed E-state index contributed by atoms with van der Waals surface area (Å²) in [5, 5.41) is 3.06. The first kappa shape index (κ1) is 21.1.